The summed E-state index contributed by atoms with van der Waals surface area (Å²) in [6, 6.07) is 18.0. The third kappa shape index (κ3) is 4.22. The van der Waals surface area contributed by atoms with E-state index in [9.17, 15) is 4.79 Å². The minimum absolute atomic E-state index is 0.0340. The van der Waals surface area contributed by atoms with Crippen molar-refractivity contribution >= 4 is 5.97 Å². The molecule has 0 atom stereocenters. The highest BCUT2D eigenvalue weighted by Gasteiger charge is 2.54. The fourth-order valence-corrected chi connectivity index (χ4v) is 4.98. The predicted octanol–water partition coefficient (Wildman–Crippen LogP) is 5.61. The minimum atomic E-state index is -0.685. The predicted molar refractivity (Wildman–Crippen MR) is 108 cm³/mol. The van der Waals surface area contributed by atoms with E-state index in [1.165, 1.54) is 0 Å². The summed E-state index contributed by atoms with van der Waals surface area (Å²) in [5, 5.41) is 9.02. The molecule has 2 aromatic carbocycles. The van der Waals surface area contributed by atoms with Crippen molar-refractivity contribution < 1.29 is 19.4 Å². The average molecular weight is 380 g/mol. The maximum atomic E-state index is 11.0. The Morgan fingerprint density at radius 2 is 1.68 bits per heavy atom. The zero-order valence-electron chi connectivity index (χ0n) is 16.2. The van der Waals surface area contributed by atoms with Crippen molar-refractivity contribution in [3.05, 3.63) is 60.2 Å². The fourth-order valence-electron chi connectivity index (χ4n) is 4.98. The second-order valence-corrected chi connectivity index (χ2v) is 8.37. The molecule has 4 nitrogen and oxygen atoms in total. The third-order valence-electron chi connectivity index (χ3n) is 6.51. The van der Waals surface area contributed by atoms with Crippen LogP contribution in [0.25, 0.3) is 0 Å². The fraction of sp³-hybridized carbons (Fsp3) is 0.458. The number of aliphatic carboxylic acids is 1. The largest absolute Gasteiger partial charge is 0.481 e. The smallest absolute Gasteiger partial charge is 0.303 e. The number of carboxylic acid groups (broad SMARTS) is 1. The van der Waals surface area contributed by atoms with Crippen LogP contribution in [-0.2, 0) is 16.0 Å². The van der Waals surface area contributed by atoms with E-state index < -0.39 is 5.97 Å². The Kier molecular flexibility index (Phi) is 5.40. The number of hydrogen-bond donors (Lipinski definition) is 1. The van der Waals surface area contributed by atoms with Crippen molar-refractivity contribution in [1.82, 2.24) is 0 Å². The van der Waals surface area contributed by atoms with Crippen LogP contribution < -0.4 is 4.74 Å². The average Bonchev–Trinajstić information content (AvgIpc) is 3.25. The van der Waals surface area contributed by atoms with Gasteiger partial charge in [-0.1, -0.05) is 36.4 Å². The topological polar surface area (TPSA) is 55.8 Å². The molecular formula is C24H28O4. The quantitative estimate of drug-likeness (QED) is 0.615. The summed E-state index contributed by atoms with van der Waals surface area (Å²) in [6.45, 7) is 0.671. The van der Waals surface area contributed by atoms with Crippen molar-refractivity contribution in [2.75, 3.05) is 6.61 Å². The van der Waals surface area contributed by atoms with Gasteiger partial charge in [0.05, 0.1) is 12.2 Å². The van der Waals surface area contributed by atoms with E-state index in [0.29, 0.717) is 6.61 Å². The molecule has 0 spiro atoms. The molecule has 1 N–H and O–H groups in total. The third-order valence-corrected chi connectivity index (χ3v) is 6.51. The first kappa shape index (κ1) is 19.0. The molecular weight excluding hydrogens is 352 g/mol. The molecule has 0 aliphatic heterocycles. The van der Waals surface area contributed by atoms with E-state index in [1.54, 1.807) is 0 Å². The van der Waals surface area contributed by atoms with Gasteiger partial charge in [-0.25, -0.2) is 0 Å². The standard InChI is InChI=1S/C24H28O4/c25-22(26)10-12-23-13-15-24(18-23,16-14-23)27-17-11-19-6-4-5-9-21(19)28-20-7-2-1-3-8-20/h1-9H,10-18H2,(H,25,26). The highest BCUT2D eigenvalue weighted by molar-refractivity contribution is 5.66. The Labute approximate surface area is 166 Å². The van der Waals surface area contributed by atoms with Gasteiger partial charge in [0.15, 0.2) is 0 Å². The van der Waals surface area contributed by atoms with Gasteiger partial charge in [0.2, 0.25) is 0 Å². The Bertz CT molecular complexity index is 806. The maximum absolute atomic E-state index is 11.0. The lowest BCUT2D eigenvalue weighted by molar-refractivity contribution is -0.137. The molecule has 0 amide bonds. The number of carbonyl (C=O) groups is 1. The van der Waals surface area contributed by atoms with Gasteiger partial charge < -0.3 is 14.6 Å². The summed E-state index contributed by atoms with van der Waals surface area (Å²) in [6.07, 6.45) is 7.25. The van der Waals surface area contributed by atoms with Gasteiger partial charge in [-0.15, -0.1) is 0 Å². The zero-order valence-corrected chi connectivity index (χ0v) is 16.2. The van der Waals surface area contributed by atoms with E-state index >= 15 is 0 Å². The zero-order chi connectivity index (χ0) is 19.5. The van der Waals surface area contributed by atoms with Crippen LogP contribution in [-0.4, -0.2) is 23.3 Å². The first-order valence-corrected chi connectivity index (χ1v) is 10.2. The number of ether oxygens (including phenoxy) is 2. The Hall–Kier alpha value is -2.33. The molecule has 28 heavy (non-hydrogen) atoms. The lowest BCUT2D eigenvalue weighted by atomic mass is 9.80. The van der Waals surface area contributed by atoms with Gasteiger partial charge in [0.1, 0.15) is 11.5 Å². The Balaban J connectivity index is 1.33. The van der Waals surface area contributed by atoms with E-state index in [2.05, 4.69) is 6.07 Å². The summed E-state index contributed by atoms with van der Waals surface area (Å²) in [5.41, 5.74) is 1.32. The highest BCUT2D eigenvalue weighted by atomic mass is 16.5. The summed E-state index contributed by atoms with van der Waals surface area (Å²) in [5.74, 6) is 1.03. The molecule has 0 heterocycles. The number of benzene rings is 2. The number of hydrogen-bond acceptors (Lipinski definition) is 3. The van der Waals surface area contributed by atoms with E-state index in [4.69, 9.17) is 14.6 Å². The van der Waals surface area contributed by atoms with E-state index in [-0.39, 0.29) is 17.4 Å². The normalized spacial score (nSPS) is 25.7. The van der Waals surface area contributed by atoms with Crippen LogP contribution in [0.1, 0.15) is 50.5 Å². The van der Waals surface area contributed by atoms with Gasteiger partial charge in [0, 0.05) is 6.42 Å². The van der Waals surface area contributed by atoms with Crippen LogP contribution in [0.15, 0.2) is 54.6 Å². The first-order chi connectivity index (χ1) is 13.6. The molecule has 2 saturated carbocycles. The lowest BCUT2D eigenvalue weighted by Gasteiger charge is -2.28. The summed E-state index contributed by atoms with van der Waals surface area (Å²) >= 11 is 0. The van der Waals surface area contributed by atoms with Crippen LogP contribution in [0.5, 0.6) is 11.5 Å². The lowest BCUT2D eigenvalue weighted by Crippen LogP contribution is -2.27. The summed E-state index contributed by atoms with van der Waals surface area (Å²) < 4.78 is 12.5. The van der Waals surface area contributed by atoms with Gasteiger partial charge >= 0.3 is 5.97 Å². The van der Waals surface area contributed by atoms with Gasteiger partial charge in [0.25, 0.3) is 0 Å². The Morgan fingerprint density at radius 3 is 2.43 bits per heavy atom. The minimum Gasteiger partial charge on any atom is -0.481 e. The van der Waals surface area contributed by atoms with Crippen LogP contribution in [0, 0.1) is 5.41 Å². The maximum Gasteiger partial charge on any atom is 0.303 e. The van der Waals surface area contributed by atoms with Gasteiger partial charge in [-0.2, -0.15) is 0 Å². The molecule has 2 aromatic rings. The molecule has 4 heteroatoms. The van der Waals surface area contributed by atoms with Crippen LogP contribution >= 0.6 is 0 Å². The van der Waals surface area contributed by atoms with Crippen molar-refractivity contribution in [3.63, 3.8) is 0 Å². The number of carboxylic acids is 1. The Morgan fingerprint density at radius 1 is 0.964 bits per heavy atom. The molecule has 0 saturated heterocycles. The number of rotatable bonds is 9. The summed E-state index contributed by atoms with van der Waals surface area (Å²) in [7, 11) is 0. The van der Waals surface area contributed by atoms with Crippen molar-refractivity contribution in [2.45, 2.75) is 57.0 Å². The van der Waals surface area contributed by atoms with Crippen LogP contribution in [0.3, 0.4) is 0 Å². The molecule has 2 fully saturated rings. The molecule has 2 bridgehead atoms. The second kappa shape index (κ2) is 7.96. The SMILES string of the molecule is O=C(O)CCC12CCC(OCCc3ccccc3Oc3ccccc3)(CC1)C2. The summed E-state index contributed by atoms with van der Waals surface area (Å²) in [4.78, 5) is 11.0. The van der Waals surface area contributed by atoms with Gasteiger partial charge in [-0.3, -0.25) is 4.79 Å². The monoisotopic (exact) mass is 380 g/mol. The van der Waals surface area contributed by atoms with Crippen LogP contribution in [0.2, 0.25) is 0 Å². The molecule has 2 aliphatic rings. The number of fused-ring (bicyclic) bond motifs is 2. The van der Waals surface area contributed by atoms with Crippen molar-refractivity contribution in [2.24, 2.45) is 5.41 Å². The molecule has 0 aromatic heterocycles. The van der Waals surface area contributed by atoms with Crippen LogP contribution in [0.4, 0.5) is 0 Å². The second-order valence-electron chi connectivity index (χ2n) is 8.37. The molecule has 2 aliphatic carbocycles. The molecule has 4 rings (SSSR count). The van der Waals surface area contributed by atoms with Crippen molar-refractivity contribution in [3.8, 4) is 11.5 Å². The van der Waals surface area contributed by atoms with Crippen molar-refractivity contribution in [1.29, 1.82) is 0 Å². The first-order valence-electron chi connectivity index (χ1n) is 10.2. The number of para-hydroxylation sites is 2. The molecule has 0 radical (unpaired) electrons. The molecule has 0 unspecified atom stereocenters. The van der Waals surface area contributed by atoms with Gasteiger partial charge in [-0.05, 0) is 74.1 Å². The van der Waals surface area contributed by atoms with E-state index in [1.807, 2.05) is 48.5 Å². The molecule has 148 valence electrons. The van der Waals surface area contributed by atoms with E-state index in [0.717, 1.165) is 62.0 Å². The highest BCUT2D eigenvalue weighted by Crippen LogP contribution is 2.60.